The normalized spacial score (nSPS) is 16.6. The summed E-state index contributed by atoms with van der Waals surface area (Å²) in [7, 11) is 0. The molecule has 1 saturated heterocycles. The average molecular weight is 363 g/mol. The van der Waals surface area contributed by atoms with Gasteiger partial charge in [0.1, 0.15) is 0 Å². The van der Waals surface area contributed by atoms with E-state index in [2.05, 4.69) is 41.8 Å². The summed E-state index contributed by atoms with van der Waals surface area (Å²) in [5.74, 6) is 0.581. The molecule has 1 aliphatic heterocycles. The highest BCUT2D eigenvalue weighted by Gasteiger charge is 2.20. The molecule has 3 rings (SSSR count). The standard InChI is InChI=1S/C16H19BrN4O/c17-15-9-19-16(20-10-15)22-12-13-3-6-21(7-4-13)11-14-2-1-5-18-8-14/h1-2,5,8-10,13H,3-4,6-7,11-12H2. The molecule has 0 unspecified atom stereocenters. The molecule has 0 bridgehead atoms. The van der Waals surface area contributed by atoms with Gasteiger partial charge in [-0.05, 0) is 59.4 Å². The lowest BCUT2D eigenvalue weighted by molar-refractivity contribution is 0.132. The van der Waals surface area contributed by atoms with E-state index in [1.165, 1.54) is 5.56 Å². The molecule has 0 radical (unpaired) electrons. The van der Waals surface area contributed by atoms with Gasteiger partial charge < -0.3 is 4.74 Å². The Labute approximate surface area is 138 Å². The fourth-order valence-corrected chi connectivity index (χ4v) is 2.83. The molecule has 0 amide bonds. The molecular weight excluding hydrogens is 344 g/mol. The highest BCUT2D eigenvalue weighted by Crippen LogP contribution is 2.19. The second-order valence-corrected chi connectivity index (χ2v) is 6.49. The minimum atomic E-state index is 0.459. The zero-order chi connectivity index (χ0) is 15.2. The van der Waals surface area contributed by atoms with E-state index in [1.54, 1.807) is 12.4 Å². The SMILES string of the molecule is Brc1cnc(OCC2CCN(Cc3cccnc3)CC2)nc1. The molecule has 1 aliphatic rings. The Kier molecular flexibility index (Phi) is 5.34. The highest BCUT2D eigenvalue weighted by molar-refractivity contribution is 9.10. The van der Waals surface area contributed by atoms with Crippen LogP contribution in [0.5, 0.6) is 6.01 Å². The van der Waals surface area contributed by atoms with Gasteiger partial charge in [-0.1, -0.05) is 6.07 Å². The zero-order valence-electron chi connectivity index (χ0n) is 12.4. The molecule has 0 aromatic carbocycles. The lowest BCUT2D eigenvalue weighted by atomic mass is 9.97. The Morgan fingerprint density at radius 2 is 1.95 bits per heavy atom. The predicted octanol–water partition coefficient (Wildman–Crippen LogP) is 2.93. The molecule has 0 spiro atoms. The van der Waals surface area contributed by atoms with Gasteiger partial charge in [-0.2, -0.15) is 0 Å². The van der Waals surface area contributed by atoms with Crippen LogP contribution in [0.25, 0.3) is 0 Å². The Hall–Kier alpha value is -1.53. The Bertz CT molecular complexity index is 570. The minimum absolute atomic E-state index is 0.459. The first-order chi connectivity index (χ1) is 10.8. The predicted molar refractivity (Wildman–Crippen MR) is 87.5 cm³/mol. The summed E-state index contributed by atoms with van der Waals surface area (Å²) < 4.78 is 6.55. The maximum atomic E-state index is 5.68. The number of hydrogen-bond acceptors (Lipinski definition) is 5. The van der Waals surface area contributed by atoms with Crippen LogP contribution in [0.4, 0.5) is 0 Å². The van der Waals surface area contributed by atoms with Crippen LogP contribution in [0.2, 0.25) is 0 Å². The number of nitrogens with zero attached hydrogens (tertiary/aromatic N) is 4. The van der Waals surface area contributed by atoms with Crippen molar-refractivity contribution < 1.29 is 4.74 Å². The fourth-order valence-electron chi connectivity index (χ4n) is 2.63. The number of rotatable bonds is 5. The van der Waals surface area contributed by atoms with Crippen molar-refractivity contribution in [3.63, 3.8) is 0 Å². The third-order valence-electron chi connectivity index (χ3n) is 3.88. The molecular formula is C16H19BrN4O. The second-order valence-electron chi connectivity index (χ2n) is 5.58. The summed E-state index contributed by atoms with van der Waals surface area (Å²) in [5.41, 5.74) is 1.28. The third-order valence-corrected chi connectivity index (χ3v) is 4.29. The second kappa shape index (κ2) is 7.65. The first-order valence-electron chi connectivity index (χ1n) is 7.51. The van der Waals surface area contributed by atoms with Crippen molar-refractivity contribution in [2.24, 2.45) is 5.92 Å². The van der Waals surface area contributed by atoms with E-state index in [1.807, 2.05) is 18.5 Å². The number of ether oxygens (including phenoxy) is 1. The van der Waals surface area contributed by atoms with Crippen LogP contribution in [-0.2, 0) is 6.54 Å². The maximum absolute atomic E-state index is 5.68. The van der Waals surface area contributed by atoms with Crippen molar-refractivity contribution in [1.29, 1.82) is 0 Å². The van der Waals surface area contributed by atoms with E-state index < -0.39 is 0 Å². The third kappa shape index (κ3) is 4.48. The van der Waals surface area contributed by atoms with Crippen molar-refractivity contribution in [2.75, 3.05) is 19.7 Å². The molecule has 3 heterocycles. The van der Waals surface area contributed by atoms with Gasteiger partial charge in [0, 0.05) is 31.3 Å². The summed E-state index contributed by atoms with van der Waals surface area (Å²) in [6.07, 6.45) is 9.47. The van der Waals surface area contributed by atoms with Gasteiger partial charge in [-0.15, -0.1) is 0 Å². The lowest BCUT2D eigenvalue weighted by Gasteiger charge is -2.31. The first-order valence-corrected chi connectivity index (χ1v) is 8.30. The topological polar surface area (TPSA) is 51.1 Å². The molecule has 116 valence electrons. The molecule has 2 aromatic rings. The van der Waals surface area contributed by atoms with Gasteiger partial charge in [0.25, 0.3) is 0 Å². The molecule has 0 N–H and O–H groups in total. The van der Waals surface area contributed by atoms with Gasteiger partial charge in [0.15, 0.2) is 0 Å². The van der Waals surface area contributed by atoms with Gasteiger partial charge >= 0.3 is 6.01 Å². The van der Waals surface area contributed by atoms with Crippen LogP contribution in [0.1, 0.15) is 18.4 Å². The molecule has 22 heavy (non-hydrogen) atoms. The molecule has 5 nitrogen and oxygen atoms in total. The van der Waals surface area contributed by atoms with Crippen LogP contribution in [0.3, 0.4) is 0 Å². The van der Waals surface area contributed by atoms with Crippen molar-refractivity contribution >= 4 is 15.9 Å². The fraction of sp³-hybridized carbons (Fsp3) is 0.438. The molecule has 0 atom stereocenters. The van der Waals surface area contributed by atoms with Crippen molar-refractivity contribution in [3.8, 4) is 6.01 Å². The Balaban J connectivity index is 1.41. The number of hydrogen-bond donors (Lipinski definition) is 0. The number of piperidine rings is 1. The maximum Gasteiger partial charge on any atom is 0.316 e. The van der Waals surface area contributed by atoms with E-state index in [0.717, 1.165) is 36.9 Å². The number of halogens is 1. The van der Waals surface area contributed by atoms with Crippen LogP contribution in [0, 0.1) is 5.92 Å². The van der Waals surface area contributed by atoms with E-state index in [0.29, 0.717) is 18.5 Å². The average Bonchev–Trinajstić information content (AvgIpc) is 2.57. The van der Waals surface area contributed by atoms with Crippen LogP contribution in [0.15, 0.2) is 41.4 Å². The quantitative estimate of drug-likeness (QED) is 0.818. The Morgan fingerprint density at radius 3 is 2.64 bits per heavy atom. The van der Waals surface area contributed by atoms with Crippen molar-refractivity contribution in [3.05, 3.63) is 47.0 Å². The number of likely N-dealkylation sites (tertiary alicyclic amines) is 1. The van der Waals surface area contributed by atoms with E-state index in [9.17, 15) is 0 Å². The molecule has 2 aromatic heterocycles. The zero-order valence-corrected chi connectivity index (χ0v) is 13.9. The lowest BCUT2D eigenvalue weighted by Crippen LogP contribution is -2.35. The summed E-state index contributed by atoms with van der Waals surface area (Å²) in [6.45, 7) is 3.88. The number of pyridine rings is 1. The van der Waals surface area contributed by atoms with Gasteiger partial charge in [0.2, 0.25) is 0 Å². The van der Waals surface area contributed by atoms with Gasteiger partial charge in [0.05, 0.1) is 11.1 Å². The summed E-state index contributed by atoms with van der Waals surface area (Å²) in [6, 6.07) is 4.59. The monoisotopic (exact) mass is 362 g/mol. The molecule has 0 saturated carbocycles. The largest absolute Gasteiger partial charge is 0.463 e. The summed E-state index contributed by atoms with van der Waals surface area (Å²) >= 11 is 3.32. The molecule has 1 fully saturated rings. The number of aromatic nitrogens is 3. The smallest absolute Gasteiger partial charge is 0.316 e. The van der Waals surface area contributed by atoms with Crippen LogP contribution in [-0.4, -0.2) is 39.5 Å². The van der Waals surface area contributed by atoms with Crippen LogP contribution < -0.4 is 4.74 Å². The summed E-state index contributed by atoms with van der Waals surface area (Å²) in [5, 5.41) is 0. The van der Waals surface area contributed by atoms with Gasteiger partial charge in [-0.25, -0.2) is 9.97 Å². The van der Waals surface area contributed by atoms with E-state index in [4.69, 9.17) is 4.74 Å². The van der Waals surface area contributed by atoms with E-state index in [-0.39, 0.29) is 0 Å². The Morgan fingerprint density at radius 1 is 1.18 bits per heavy atom. The van der Waals surface area contributed by atoms with Crippen molar-refractivity contribution in [1.82, 2.24) is 19.9 Å². The molecule has 0 aliphatic carbocycles. The summed E-state index contributed by atoms with van der Waals surface area (Å²) in [4.78, 5) is 14.9. The highest BCUT2D eigenvalue weighted by atomic mass is 79.9. The van der Waals surface area contributed by atoms with Crippen molar-refractivity contribution in [2.45, 2.75) is 19.4 Å². The first kappa shape index (κ1) is 15.4. The molecule has 6 heteroatoms. The minimum Gasteiger partial charge on any atom is -0.463 e. The van der Waals surface area contributed by atoms with E-state index >= 15 is 0 Å². The van der Waals surface area contributed by atoms with Crippen LogP contribution >= 0.6 is 15.9 Å². The van der Waals surface area contributed by atoms with Gasteiger partial charge in [-0.3, -0.25) is 9.88 Å².